The van der Waals surface area contributed by atoms with Crippen molar-refractivity contribution in [1.82, 2.24) is 0 Å². The number of aldehydes is 1. The number of thioether (sulfide) groups is 1. The van der Waals surface area contributed by atoms with Crippen LogP contribution >= 0.6 is 11.8 Å². The summed E-state index contributed by atoms with van der Waals surface area (Å²) in [6, 6.07) is 4.23. The van der Waals surface area contributed by atoms with E-state index in [2.05, 4.69) is 26.0 Å². The Morgan fingerprint density at radius 2 is 2.12 bits per heavy atom. The van der Waals surface area contributed by atoms with Crippen LogP contribution in [0, 0.1) is 0 Å². The van der Waals surface area contributed by atoms with Gasteiger partial charge in [-0.25, -0.2) is 0 Å². The van der Waals surface area contributed by atoms with Crippen LogP contribution in [-0.2, 0) is 5.41 Å². The third kappa shape index (κ3) is 1.93. The lowest BCUT2D eigenvalue weighted by Crippen LogP contribution is -2.23. The van der Waals surface area contributed by atoms with Gasteiger partial charge in [0, 0.05) is 10.5 Å². The quantitative estimate of drug-likeness (QED) is 0.729. The molecule has 1 aromatic rings. The minimum absolute atomic E-state index is 0.225. The molecule has 0 spiro atoms. The van der Waals surface area contributed by atoms with E-state index in [1.54, 1.807) is 0 Å². The topological polar surface area (TPSA) is 17.1 Å². The zero-order chi connectivity index (χ0) is 12.0. The minimum atomic E-state index is 0.225. The number of rotatable bonds is 2. The Kier molecular flexibility index (Phi) is 2.58. The molecule has 1 aliphatic heterocycles. The van der Waals surface area contributed by atoms with Gasteiger partial charge in [0.25, 0.3) is 0 Å². The number of hydrogen-bond acceptors (Lipinski definition) is 2. The van der Waals surface area contributed by atoms with Gasteiger partial charge >= 0.3 is 0 Å². The van der Waals surface area contributed by atoms with Gasteiger partial charge in [0.15, 0.2) is 0 Å². The van der Waals surface area contributed by atoms with Gasteiger partial charge < -0.3 is 0 Å². The fourth-order valence-electron chi connectivity index (χ4n) is 2.65. The lowest BCUT2D eigenvalue weighted by atomic mass is 9.80. The number of fused-ring (bicyclic) bond motifs is 1. The van der Waals surface area contributed by atoms with Crippen molar-refractivity contribution in [2.75, 3.05) is 5.75 Å². The molecule has 1 fully saturated rings. The van der Waals surface area contributed by atoms with E-state index in [-0.39, 0.29) is 5.41 Å². The average Bonchev–Trinajstić information content (AvgIpc) is 3.12. The van der Waals surface area contributed by atoms with E-state index in [9.17, 15) is 4.79 Å². The standard InChI is InChI=1S/C15H18OS/c1-15(2)5-6-17-14-12(11-3-4-11)7-10(9-16)8-13(14)15/h7-9,11H,3-6H2,1-2H3. The van der Waals surface area contributed by atoms with E-state index in [1.165, 1.54) is 41.0 Å². The Balaban J connectivity index is 2.20. The van der Waals surface area contributed by atoms with Crippen LogP contribution in [0.4, 0.5) is 0 Å². The largest absolute Gasteiger partial charge is 0.298 e. The zero-order valence-corrected chi connectivity index (χ0v) is 11.3. The molecule has 0 N–H and O–H groups in total. The predicted octanol–water partition coefficient (Wildman–Crippen LogP) is 4.15. The zero-order valence-electron chi connectivity index (χ0n) is 10.5. The van der Waals surface area contributed by atoms with Gasteiger partial charge in [-0.05, 0) is 59.6 Å². The van der Waals surface area contributed by atoms with Crippen molar-refractivity contribution in [2.24, 2.45) is 0 Å². The smallest absolute Gasteiger partial charge is 0.150 e. The molecule has 0 saturated heterocycles. The van der Waals surface area contributed by atoms with E-state index >= 15 is 0 Å². The molecular formula is C15H18OS. The van der Waals surface area contributed by atoms with E-state index in [1.807, 2.05) is 11.8 Å². The molecule has 3 rings (SSSR count). The van der Waals surface area contributed by atoms with Gasteiger partial charge in [-0.2, -0.15) is 0 Å². The van der Waals surface area contributed by atoms with Gasteiger partial charge in [0.2, 0.25) is 0 Å². The molecule has 0 bridgehead atoms. The Hall–Kier alpha value is -0.760. The summed E-state index contributed by atoms with van der Waals surface area (Å²) in [5, 5.41) is 0. The molecule has 90 valence electrons. The Morgan fingerprint density at radius 1 is 1.35 bits per heavy atom. The summed E-state index contributed by atoms with van der Waals surface area (Å²) in [5.41, 5.74) is 3.94. The molecule has 0 unspecified atom stereocenters. The van der Waals surface area contributed by atoms with Crippen LogP contribution in [0.2, 0.25) is 0 Å². The second kappa shape index (κ2) is 3.88. The van der Waals surface area contributed by atoms with Crippen LogP contribution in [-0.4, -0.2) is 12.0 Å². The van der Waals surface area contributed by atoms with E-state index in [0.717, 1.165) is 17.8 Å². The molecule has 0 amide bonds. The van der Waals surface area contributed by atoms with Crippen LogP contribution in [0.1, 0.15) is 60.5 Å². The molecule has 1 nitrogen and oxygen atoms in total. The van der Waals surface area contributed by atoms with Crippen LogP contribution in [0.25, 0.3) is 0 Å². The highest BCUT2D eigenvalue weighted by molar-refractivity contribution is 7.99. The van der Waals surface area contributed by atoms with Crippen molar-refractivity contribution >= 4 is 18.0 Å². The first-order chi connectivity index (χ1) is 8.12. The highest BCUT2D eigenvalue weighted by atomic mass is 32.2. The summed E-state index contributed by atoms with van der Waals surface area (Å²) < 4.78 is 0. The summed E-state index contributed by atoms with van der Waals surface area (Å²) in [4.78, 5) is 12.6. The van der Waals surface area contributed by atoms with Crippen molar-refractivity contribution in [3.8, 4) is 0 Å². The van der Waals surface area contributed by atoms with Crippen LogP contribution in [0.15, 0.2) is 17.0 Å². The van der Waals surface area contributed by atoms with Crippen molar-refractivity contribution in [3.05, 3.63) is 28.8 Å². The van der Waals surface area contributed by atoms with E-state index < -0.39 is 0 Å². The third-order valence-electron chi connectivity index (χ3n) is 4.00. The summed E-state index contributed by atoms with van der Waals surface area (Å²) in [6.07, 6.45) is 4.81. The molecule has 2 aliphatic rings. The van der Waals surface area contributed by atoms with E-state index in [4.69, 9.17) is 0 Å². The Bertz CT molecular complexity index is 472. The molecule has 0 radical (unpaired) electrons. The number of carbonyl (C=O) groups is 1. The van der Waals surface area contributed by atoms with Gasteiger partial charge in [-0.1, -0.05) is 13.8 Å². The van der Waals surface area contributed by atoms with Gasteiger partial charge in [0.05, 0.1) is 0 Å². The monoisotopic (exact) mass is 246 g/mol. The first-order valence-corrected chi connectivity index (χ1v) is 7.37. The molecular weight excluding hydrogens is 228 g/mol. The summed E-state index contributed by atoms with van der Waals surface area (Å²) >= 11 is 1.99. The Morgan fingerprint density at radius 3 is 2.76 bits per heavy atom. The lowest BCUT2D eigenvalue weighted by Gasteiger charge is -2.33. The average molecular weight is 246 g/mol. The molecule has 1 aliphatic carbocycles. The lowest BCUT2D eigenvalue weighted by molar-refractivity contribution is 0.112. The van der Waals surface area contributed by atoms with Gasteiger partial charge in [-0.15, -0.1) is 11.8 Å². The first-order valence-electron chi connectivity index (χ1n) is 6.38. The maximum absolute atomic E-state index is 11.1. The maximum Gasteiger partial charge on any atom is 0.150 e. The van der Waals surface area contributed by atoms with Crippen LogP contribution < -0.4 is 0 Å². The van der Waals surface area contributed by atoms with Crippen LogP contribution in [0.3, 0.4) is 0 Å². The van der Waals surface area contributed by atoms with Gasteiger partial charge in [-0.3, -0.25) is 4.79 Å². The highest BCUT2D eigenvalue weighted by Gasteiger charge is 2.34. The Labute approximate surface area is 107 Å². The number of benzene rings is 1. The van der Waals surface area contributed by atoms with Crippen LogP contribution in [0.5, 0.6) is 0 Å². The fourth-order valence-corrected chi connectivity index (χ4v) is 4.35. The molecule has 0 aromatic heterocycles. The number of carbonyl (C=O) groups excluding carboxylic acids is 1. The number of hydrogen-bond donors (Lipinski definition) is 0. The molecule has 1 aromatic carbocycles. The predicted molar refractivity (Wildman–Crippen MR) is 72.2 cm³/mol. The molecule has 1 heterocycles. The van der Waals surface area contributed by atoms with Gasteiger partial charge in [0.1, 0.15) is 6.29 Å². The van der Waals surface area contributed by atoms with E-state index in [0.29, 0.717) is 0 Å². The van der Waals surface area contributed by atoms with Crippen molar-refractivity contribution in [3.63, 3.8) is 0 Å². The molecule has 17 heavy (non-hydrogen) atoms. The summed E-state index contributed by atoms with van der Waals surface area (Å²) in [7, 11) is 0. The van der Waals surface area contributed by atoms with Crippen molar-refractivity contribution in [1.29, 1.82) is 0 Å². The molecule has 1 saturated carbocycles. The SMILES string of the molecule is CC1(C)CCSc2c(C3CC3)cc(C=O)cc21. The minimum Gasteiger partial charge on any atom is -0.298 e. The maximum atomic E-state index is 11.1. The second-order valence-corrected chi connectivity index (χ2v) is 6.97. The summed E-state index contributed by atoms with van der Waals surface area (Å²) in [6.45, 7) is 4.60. The van der Waals surface area contributed by atoms with Crippen molar-refractivity contribution < 1.29 is 4.79 Å². The second-order valence-electron chi connectivity index (χ2n) is 5.86. The highest BCUT2D eigenvalue weighted by Crippen LogP contribution is 2.50. The normalized spacial score (nSPS) is 22.0. The van der Waals surface area contributed by atoms with Crippen molar-refractivity contribution in [2.45, 2.75) is 49.3 Å². The fraction of sp³-hybridized carbons (Fsp3) is 0.533. The summed E-state index contributed by atoms with van der Waals surface area (Å²) in [5.74, 6) is 1.94. The molecule has 0 atom stereocenters. The third-order valence-corrected chi connectivity index (χ3v) is 5.15. The molecule has 2 heteroatoms. The first kappa shape index (κ1) is 11.3.